The maximum absolute atomic E-state index is 12.1. The molecule has 1 aliphatic rings. The number of hydrogen-bond acceptors (Lipinski definition) is 3. The standard InChI is InChI=1S/C10H16N4O.ClH/c1-8-7-14(6-5-11-8)10(15)9-3-4-12-13(9)2;/h3-4,8,11H,5-7H2,1-2H3;1H/t8-;/m0./s1. The molecule has 0 aromatic carbocycles. The molecule has 1 N–H and O–H groups in total. The molecule has 0 radical (unpaired) electrons. The second-order valence-corrected chi connectivity index (χ2v) is 3.95. The molecule has 0 unspecified atom stereocenters. The minimum absolute atomic E-state index is 0. The van der Waals surface area contributed by atoms with Crippen molar-refractivity contribution in [2.24, 2.45) is 7.05 Å². The van der Waals surface area contributed by atoms with Crippen LogP contribution in [0.1, 0.15) is 17.4 Å². The van der Waals surface area contributed by atoms with E-state index in [1.807, 2.05) is 4.90 Å². The fourth-order valence-electron chi connectivity index (χ4n) is 1.86. The SMILES string of the molecule is C[C@H]1CN(C(=O)c2ccnn2C)CCN1.Cl. The summed E-state index contributed by atoms with van der Waals surface area (Å²) in [5.74, 6) is 0.0725. The number of aryl methyl sites for hydroxylation is 1. The highest BCUT2D eigenvalue weighted by atomic mass is 35.5. The summed E-state index contributed by atoms with van der Waals surface area (Å²) in [7, 11) is 1.79. The van der Waals surface area contributed by atoms with Crippen molar-refractivity contribution in [3.05, 3.63) is 18.0 Å². The van der Waals surface area contributed by atoms with Crippen LogP contribution >= 0.6 is 12.4 Å². The van der Waals surface area contributed by atoms with E-state index in [-0.39, 0.29) is 18.3 Å². The lowest BCUT2D eigenvalue weighted by Crippen LogP contribution is -2.51. The van der Waals surface area contributed by atoms with Gasteiger partial charge in [-0.15, -0.1) is 12.4 Å². The van der Waals surface area contributed by atoms with E-state index >= 15 is 0 Å². The molecular formula is C10H17ClN4O. The van der Waals surface area contributed by atoms with E-state index in [9.17, 15) is 4.79 Å². The van der Waals surface area contributed by atoms with Crippen LogP contribution in [0.2, 0.25) is 0 Å². The van der Waals surface area contributed by atoms with Gasteiger partial charge in [-0.05, 0) is 13.0 Å². The summed E-state index contributed by atoms with van der Waals surface area (Å²) < 4.78 is 1.62. The summed E-state index contributed by atoms with van der Waals surface area (Å²) in [6.45, 7) is 4.49. The topological polar surface area (TPSA) is 50.2 Å². The highest BCUT2D eigenvalue weighted by Gasteiger charge is 2.23. The number of halogens is 1. The van der Waals surface area contributed by atoms with Crippen molar-refractivity contribution in [2.75, 3.05) is 19.6 Å². The summed E-state index contributed by atoms with van der Waals surface area (Å²) in [4.78, 5) is 13.9. The van der Waals surface area contributed by atoms with Gasteiger partial charge < -0.3 is 10.2 Å². The van der Waals surface area contributed by atoms with Gasteiger partial charge in [0, 0.05) is 38.9 Å². The van der Waals surface area contributed by atoms with E-state index < -0.39 is 0 Å². The first-order valence-corrected chi connectivity index (χ1v) is 5.19. The molecule has 90 valence electrons. The fraction of sp³-hybridized carbons (Fsp3) is 0.600. The van der Waals surface area contributed by atoms with E-state index in [0.717, 1.165) is 19.6 Å². The molecule has 0 aliphatic carbocycles. The van der Waals surface area contributed by atoms with Crippen molar-refractivity contribution < 1.29 is 4.79 Å². The van der Waals surface area contributed by atoms with E-state index in [4.69, 9.17) is 0 Å². The summed E-state index contributed by atoms with van der Waals surface area (Å²) in [5.41, 5.74) is 0.657. The van der Waals surface area contributed by atoms with E-state index in [1.54, 1.807) is 24.0 Å². The molecular weight excluding hydrogens is 228 g/mol. The Kier molecular flexibility index (Phi) is 4.32. The molecule has 2 heterocycles. The molecule has 16 heavy (non-hydrogen) atoms. The summed E-state index contributed by atoms with van der Waals surface area (Å²) in [5, 5.41) is 7.32. The second-order valence-electron chi connectivity index (χ2n) is 3.95. The number of aromatic nitrogens is 2. The third kappa shape index (κ3) is 2.54. The van der Waals surface area contributed by atoms with Gasteiger partial charge in [-0.2, -0.15) is 5.10 Å². The molecule has 0 spiro atoms. The number of hydrogen-bond donors (Lipinski definition) is 1. The molecule has 5 nitrogen and oxygen atoms in total. The summed E-state index contributed by atoms with van der Waals surface area (Å²) in [6, 6.07) is 2.13. The number of rotatable bonds is 1. The van der Waals surface area contributed by atoms with Crippen LogP contribution < -0.4 is 5.32 Å². The Morgan fingerprint density at radius 1 is 1.62 bits per heavy atom. The van der Waals surface area contributed by atoms with Crippen molar-refractivity contribution >= 4 is 18.3 Å². The van der Waals surface area contributed by atoms with Gasteiger partial charge in [0.25, 0.3) is 5.91 Å². The first-order chi connectivity index (χ1) is 7.18. The lowest BCUT2D eigenvalue weighted by molar-refractivity contribution is 0.0698. The average molecular weight is 245 g/mol. The number of carbonyl (C=O) groups is 1. The predicted octanol–water partition coefficient (Wildman–Crippen LogP) is 0.276. The maximum Gasteiger partial charge on any atom is 0.272 e. The minimum Gasteiger partial charge on any atom is -0.335 e. The molecule has 6 heteroatoms. The van der Waals surface area contributed by atoms with Crippen molar-refractivity contribution in [1.82, 2.24) is 20.0 Å². The number of amides is 1. The lowest BCUT2D eigenvalue weighted by Gasteiger charge is -2.31. The normalized spacial score (nSPS) is 20.4. The van der Waals surface area contributed by atoms with Crippen LogP contribution in [0.15, 0.2) is 12.3 Å². The van der Waals surface area contributed by atoms with Crippen LogP contribution in [-0.4, -0.2) is 46.3 Å². The monoisotopic (exact) mass is 244 g/mol. The number of carbonyl (C=O) groups excluding carboxylic acids is 1. The van der Waals surface area contributed by atoms with Crippen LogP contribution in [0.5, 0.6) is 0 Å². The fourth-order valence-corrected chi connectivity index (χ4v) is 1.86. The number of nitrogens with zero attached hydrogens (tertiary/aromatic N) is 3. The zero-order valence-corrected chi connectivity index (χ0v) is 10.3. The van der Waals surface area contributed by atoms with E-state index in [0.29, 0.717) is 11.7 Å². The average Bonchev–Trinajstić information content (AvgIpc) is 2.63. The van der Waals surface area contributed by atoms with Crippen LogP contribution in [0.4, 0.5) is 0 Å². The highest BCUT2D eigenvalue weighted by Crippen LogP contribution is 2.06. The predicted molar refractivity (Wildman–Crippen MR) is 63.8 cm³/mol. The Hall–Kier alpha value is -1.07. The zero-order chi connectivity index (χ0) is 10.8. The Bertz CT molecular complexity index is 365. The van der Waals surface area contributed by atoms with Crippen molar-refractivity contribution in [3.63, 3.8) is 0 Å². The van der Waals surface area contributed by atoms with Crippen molar-refractivity contribution in [3.8, 4) is 0 Å². The molecule has 1 aliphatic heterocycles. The molecule has 2 rings (SSSR count). The molecule has 1 aromatic rings. The second kappa shape index (κ2) is 5.32. The maximum atomic E-state index is 12.1. The number of nitrogens with one attached hydrogen (secondary N) is 1. The van der Waals surface area contributed by atoms with Crippen LogP contribution in [0.3, 0.4) is 0 Å². The van der Waals surface area contributed by atoms with Gasteiger partial charge in [0.2, 0.25) is 0 Å². The molecule has 0 bridgehead atoms. The van der Waals surface area contributed by atoms with Gasteiger partial charge in [-0.1, -0.05) is 0 Å². The van der Waals surface area contributed by atoms with E-state index in [2.05, 4.69) is 17.3 Å². The van der Waals surface area contributed by atoms with Gasteiger partial charge in [-0.3, -0.25) is 9.48 Å². The van der Waals surface area contributed by atoms with Crippen molar-refractivity contribution in [2.45, 2.75) is 13.0 Å². The quantitative estimate of drug-likeness (QED) is 0.772. The Morgan fingerprint density at radius 3 is 2.94 bits per heavy atom. The van der Waals surface area contributed by atoms with Gasteiger partial charge in [0.1, 0.15) is 5.69 Å². The minimum atomic E-state index is 0. The third-order valence-electron chi connectivity index (χ3n) is 2.70. The smallest absolute Gasteiger partial charge is 0.272 e. The van der Waals surface area contributed by atoms with Crippen molar-refractivity contribution in [1.29, 1.82) is 0 Å². The zero-order valence-electron chi connectivity index (χ0n) is 9.51. The molecule has 1 amide bonds. The van der Waals surface area contributed by atoms with Crippen LogP contribution in [0.25, 0.3) is 0 Å². The van der Waals surface area contributed by atoms with Gasteiger partial charge in [-0.25, -0.2) is 0 Å². The lowest BCUT2D eigenvalue weighted by atomic mass is 10.2. The molecule has 1 atom stereocenters. The van der Waals surface area contributed by atoms with Crippen LogP contribution in [-0.2, 0) is 7.05 Å². The van der Waals surface area contributed by atoms with Gasteiger partial charge in [0.05, 0.1) is 0 Å². The van der Waals surface area contributed by atoms with Gasteiger partial charge in [0.15, 0.2) is 0 Å². The Labute approximate surface area is 101 Å². The molecule has 0 saturated carbocycles. The largest absolute Gasteiger partial charge is 0.335 e. The van der Waals surface area contributed by atoms with Gasteiger partial charge >= 0.3 is 0 Å². The Balaban J connectivity index is 0.00000128. The summed E-state index contributed by atoms with van der Waals surface area (Å²) >= 11 is 0. The number of piperazine rings is 1. The van der Waals surface area contributed by atoms with Crippen LogP contribution in [0, 0.1) is 0 Å². The van der Waals surface area contributed by atoms with E-state index in [1.165, 1.54) is 0 Å². The Morgan fingerprint density at radius 2 is 2.38 bits per heavy atom. The first kappa shape index (κ1) is 13.0. The molecule has 1 aromatic heterocycles. The first-order valence-electron chi connectivity index (χ1n) is 5.19. The highest BCUT2D eigenvalue weighted by molar-refractivity contribution is 5.92. The summed E-state index contributed by atoms with van der Waals surface area (Å²) in [6.07, 6.45) is 1.65. The molecule has 1 saturated heterocycles. The third-order valence-corrected chi connectivity index (χ3v) is 2.70. The molecule has 1 fully saturated rings.